The molecule has 94 valence electrons. The first-order chi connectivity index (χ1) is 8.35. The third kappa shape index (κ3) is 2.66. The van der Waals surface area contributed by atoms with Crippen LogP contribution in [0, 0.1) is 0 Å². The number of likely N-dealkylation sites (N-methyl/N-ethyl adjacent to an activating group) is 1. The molecule has 0 aromatic carbocycles. The van der Waals surface area contributed by atoms with Gasteiger partial charge in [-0.3, -0.25) is 4.90 Å². The Hall–Kier alpha value is -0.940. The molecule has 17 heavy (non-hydrogen) atoms. The Morgan fingerprint density at radius 3 is 3.06 bits per heavy atom. The van der Waals surface area contributed by atoms with E-state index in [0.717, 1.165) is 31.3 Å². The molecule has 1 aromatic rings. The molecule has 1 aliphatic carbocycles. The van der Waals surface area contributed by atoms with E-state index in [9.17, 15) is 0 Å². The molecule has 0 bridgehead atoms. The molecule has 1 N–H and O–H groups in total. The van der Waals surface area contributed by atoms with Crippen molar-refractivity contribution in [1.82, 2.24) is 20.4 Å². The monoisotopic (exact) mass is 236 g/mol. The fraction of sp³-hybridized carbons (Fsp3) is 0.833. The molecule has 1 aromatic heterocycles. The van der Waals surface area contributed by atoms with Gasteiger partial charge in [-0.05, 0) is 39.3 Å². The number of likely N-dealkylation sites (tertiary alicyclic amines) is 1. The number of aromatic nitrogens is 2. The van der Waals surface area contributed by atoms with Crippen molar-refractivity contribution in [2.24, 2.45) is 0 Å². The van der Waals surface area contributed by atoms with Crippen molar-refractivity contribution in [3.05, 3.63) is 11.7 Å². The second-order valence-corrected chi connectivity index (χ2v) is 5.19. The lowest BCUT2D eigenvalue weighted by atomic mass is 10.1. The van der Waals surface area contributed by atoms with Crippen LogP contribution in [0.15, 0.2) is 4.52 Å². The first-order valence-electron chi connectivity index (χ1n) is 6.57. The van der Waals surface area contributed by atoms with Crippen molar-refractivity contribution in [2.45, 2.75) is 44.2 Å². The largest absolute Gasteiger partial charge is 0.339 e. The summed E-state index contributed by atoms with van der Waals surface area (Å²) in [6, 6.07) is 0.610. The molecule has 1 aliphatic heterocycles. The molecular weight excluding hydrogens is 216 g/mol. The van der Waals surface area contributed by atoms with Crippen molar-refractivity contribution >= 4 is 0 Å². The molecule has 0 unspecified atom stereocenters. The van der Waals surface area contributed by atoms with Crippen molar-refractivity contribution in [3.63, 3.8) is 0 Å². The molecule has 2 heterocycles. The molecule has 1 atom stereocenters. The molecule has 1 saturated carbocycles. The molecule has 1 saturated heterocycles. The quantitative estimate of drug-likeness (QED) is 0.849. The highest BCUT2D eigenvalue weighted by Gasteiger charge is 2.30. The molecule has 2 aliphatic rings. The molecule has 0 amide bonds. The molecule has 3 rings (SSSR count). The van der Waals surface area contributed by atoms with E-state index in [-0.39, 0.29) is 0 Å². The summed E-state index contributed by atoms with van der Waals surface area (Å²) < 4.78 is 5.28. The minimum atomic E-state index is 0.558. The van der Waals surface area contributed by atoms with Crippen LogP contribution >= 0.6 is 0 Å². The lowest BCUT2D eigenvalue weighted by molar-refractivity contribution is 0.182. The van der Waals surface area contributed by atoms with E-state index in [2.05, 4.69) is 20.4 Å². The van der Waals surface area contributed by atoms with Crippen LogP contribution < -0.4 is 5.32 Å². The van der Waals surface area contributed by atoms with Crippen LogP contribution in [0.2, 0.25) is 0 Å². The summed E-state index contributed by atoms with van der Waals surface area (Å²) in [5, 5.41) is 7.42. The number of nitrogens with zero attached hydrogens (tertiary/aromatic N) is 3. The molecule has 5 heteroatoms. The summed E-state index contributed by atoms with van der Waals surface area (Å²) in [5.74, 6) is 2.26. The van der Waals surface area contributed by atoms with Crippen molar-refractivity contribution < 1.29 is 4.52 Å². The Bertz CT molecular complexity index is 374. The second kappa shape index (κ2) is 4.74. The van der Waals surface area contributed by atoms with Gasteiger partial charge in [0.25, 0.3) is 0 Å². The minimum Gasteiger partial charge on any atom is -0.339 e. The van der Waals surface area contributed by atoms with Crippen LogP contribution in [-0.2, 0) is 6.54 Å². The molecule has 0 radical (unpaired) electrons. The van der Waals surface area contributed by atoms with Gasteiger partial charge in [-0.15, -0.1) is 0 Å². The number of hydrogen-bond donors (Lipinski definition) is 1. The van der Waals surface area contributed by atoms with Crippen molar-refractivity contribution in [3.8, 4) is 0 Å². The number of rotatable bonds is 4. The first-order valence-corrected chi connectivity index (χ1v) is 6.57. The van der Waals surface area contributed by atoms with Crippen LogP contribution in [-0.4, -0.2) is 41.2 Å². The summed E-state index contributed by atoms with van der Waals surface area (Å²) in [6.45, 7) is 3.06. The van der Waals surface area contributed by atoms with Gasteiger partial charge >= 0.3 is 0 Å². The van der Waals surface area contributed by atoms with Crippen LogP contribution in [0.5, 0.6) is 0 Å². The first kappa shape index (κ1) is 11.2. The molecule has 2 fully saturated rings. The summed E-state index contributed by atoms with van der Waals surface area (Å²) in [4.78, 5) is 6.89. The topological polar surface area (TPSA) is 54.2 Å². The predicted octanol–water partition coefficient (Wildman–Crippen LogP) is 1.13. The highest BCUT2D eigenvalue weighted by Crippen LogP contribution is 2.38. The fourth-order valence-corrected chi connectivity index (χ4v) is 2.46. The average molecular weight is 236 g/mol. The number of hydrogen-bond acceptors (Lipinski definition) is 5. The maximum absolute atomic E-state index is 5.28. The van der Waals surface area contributed by atoms with Gasteiger partial charge in [0.05, 0.1) is 6.54 Å². The maximum atomic E-state index is 5.28. The summed E-state index contributed by atoms with van der Waals surface area (Å²) in [7, 11) is 2.04. The standard InChI is InChI=1S/C12H20N4O/c1-13-10-3-2-6-16(7-10)8-11-14-12(17-15-11)9-4-5-9/h9-10,13H,2-8H2,1H3/t10-/m0/s1. The minimum absolute atomic E-state index is 0.558. The zero-order valence-corrected chi connectivity index (χ0v) is 10.4. The summed E-state index contributed by atoms with van der Waals surface area (Å²) in [6.07, 6.45) is 4.95. The van der Waals surface area contributed by atoms with E-state index in [4.69, 9.17) is 4.52 Å². The fourth-order valence-electron chi connectivity index (χ4n) is 2.46. The van der Waals surface area contributed by atoms with Crippen LogP contribution in [0.1, 0.15) is 43.3 Å². The van der Waals surface area contributed by atoms with Gasteiger partial charge in [-0.25, -0.2) is 0 Å². The van der Waals surface area contributed by atoms with E-state index in [1.165, 1.54) is 25.7 Å². The third-order valence-electron chi connectivity index (χ3n) is 3.69. The van der Waals surface area contributed by atoms with Crippen LogP contribution in [0.3, 0.4) is 0 Å². The zero-order chi connectivity index (χ0) is 11.7. The van der Waals surface area contributed by atoms with Gasteiger partial charge in [-0.2, -0.15) is 4.98 Å². The maximum Gasteiger partial charge on any atom is 0.229 e. The third-order valence-corrected chi connectivity index (χ3v) is 3.69. The zero-order valence-electron chi connectivity index (χ0n) is 10.4. The SMILES string of the molecule is CN[C@H]1CCCN(Cc2noc(C3CC3)n2)C1. The Labute approximate surface area is 102 Å². The molecule has 0 spiro atoms. The van der Waals surface area contributed by atoms with E-state index in [1.54, 1.807) is 0 Å². The number of piperidine rings is 1. The Morgan fingerprint density at radius 2 is 2.29 bits per heavy atom. The van der Waals surface area contributed by atoms with Gasteiger partial charge in [0.1, 0.15) is 0 Å². The van der Waals surface area contributed by atoms with E-state index >= 15 is 0 Å². The van der Waals surface area contributed by atoms with Gasteiger partial charge < -0.3 is 9.84 Å². The average Bonchev–Trinajstić information content (AvgIpc) is 3.11. The molecule has 5 nitrogen and oxygen atoms in total. The van der Waals surface area contributed by atoms with E-state index in [0.29, 0.717) is 12.0 Å². The normalized spacial score (nSPS) is 26.3. The summed E-state index contributed by atoms with van der Waals surface area (Å²) >= 11 is 0. The van der Waals surface area contributed by atoms with Crippen molar-refractivity contribution in [1.29, 1.82) is 0 Å². The smallest absolute Gasteiger partial charge is 0.229 e. The number of nitrogens with one attached hydrogen (secondary N) is 1. The van der Waals surface area contributed by atoms with Gasteiger partial charge in [0.15, 0.2) is 5.82 Å². The Morgan fingerprint density at radius 1 is 1.41 bits per heavy atom. The Kier molecular flexibility index (Phi) is 3.11. The second-order valence-electron chi connectivity index (χ2n) is 5.19. The lowest BCUT2D eigenvalue weighted by Crippen LogP contribution is -2.44. The Balaban J connectivity index is 1.57. The highest BCUT2D eigenvalue weighted by molar-refractivity contribution is 5.01. The predicted molar refractivity (Wildman–Crippen MR) is 63.6 cm³/mol. The van der Waals surface area contributed by atoms with Crippen molar-refractivity contribution in [2.75, 3.05) is 20.1 Å². The van der Waals surface area contributed by atoms with Gasteiger partial charge in [-0.1, -0.05) is 5.16 Å². The van der Waals surface area contributed by atoms with E-state index < -0.39 is 0 Å². The van der Waals surface area contributed by atoms with Crippen LogP contribution in [0.25, 0.3) is 0 Å². The lowest BCUT2D eigenvalue weighted by Gasteiger charge is -2.31. The van der Waals surface area contributed by atoms with E-state index in [1.807, 2.05) is 7.05 Å². The molecular formula is C12H20N4O. The van der Waals surface area contributed by atoms with Gasteiger partial charge in [0.2, 0.25) is 5.89 Å². The summed E-state index contributed by atoms with van der Waals surface area (Å²) in [5.41, 5.74) is 0. The van der Waals surface area contributed by atoms with Crippen LogP contribution in [0.4, 0.5) is 0 Å². The highest BCUT2D eigenvalue weighted by atomic mass is 16.5. The van der Waals surface area contributed by atoms with Gasteiger partial charge in [0, 0.05) is 18.5 Å².